The summed E-state index contributed by atoms with van der Waals surface area (Å²) in [4.78, 5) is 0. The number of rotatable bonds is 5. The third-order valence-corrected chi connectivity index (χ3v) is 3.91. The summed E-state index contributed by atoms with van der Waals surface area (Å²) in [7, 11) is 3.38. The number of hydrogen-bond acceptors (Lipinski definition) is 2. The number of unbranched alkanes of at least 4 members (excludes halogenated alkanes) is 1. The summed E-state index contributed by atoms with van der Waals surface area (Å²) in [6.07, 6.45) is 3.57. The number of ether oxygens (including phenoxy) is 2. The molecule has 1 aromatic rings. The van der Waals surface area contributed by atoms with Crippen LogP contribution in [0.3, 0.4) is 0 Å². The van der Waals surface area contributed by atoms with Crippen molar-refractivity contribution in [2.75, 3.05) is 27.3 Å². The molecule has 0 atom stereocenters. The molecule has 4 heteroatoms. The fourth-order valence-electron chi connectivity index (χ4n) is 2.69. The summed E-state index contributed by atoms with van der Waals surface area (Å²) >= 11 is 0. The van der Waals surface area contributed by atoms with Crippen LogP contribution >= 0.6 is 0 Å². The normalized spacial score (nSPS) is 13.6. The molecule has 0 saturated heterocycles. The molecule has 0 fully saturated rings. The third-order valence-electron chi connectivity index (χ3n) is 3.91. The minimum atomic E-state index is 0. The summed E-state index contributed by atoms with van der Waals surface area (Å²) in [5, 5.41) is 0. The van der Waals surface area contributed by atoms with Gasteiger partial charge in [0.2, 0.25) is 0 Å². The Hall–Kier alpha value is -0.780. The van der Waals surface area contributed by atoms with Crippen LogP contribution in [-0.2, 0) is 6.42 Å². The summed E-state index contributed by atoms with van der Waals surface area (Å²) in [6.45, 7) is 6.70. The van der Waals surface area contributed by atoms with Crippen molar-refractivity contribution in [2.45, 2.75) is 33.1 Å². The van der Waals surface area contributed by atoms with Gasteiger partial charge in [0.25, 0.3) is 0 Å². The molecule has 1 aromatic carbocycles. The molecule has 2 rings (SSSR count). The topological polar surface area (TPSA) is 21.5 Å². The van der Waals surface area contributed by atoms with E-state index >= 15 is 0 Å². The Morgan fingerprint density at radius 3 is 2.40 bits per heavy atom. The highest BCUT2D eigenvalue weighted by Gasteiger charge is 2.24. The van der Waals surface area contributed by atoms with Crippen molar-refractivity contribution in [3.05, 3.63) is 23.3 Å². The van der Waals surface area contributed by atoms with Gasteiger partial charge in [0.05, 0.1) is 14.2 Å². The van der Waals surface area contributed by atoms with E-state index in [1.54, 1.807) is 14.2 Å². The molecule has 0 saturated carbocycles. The molecule has 20 heavy (non-hydrogen) atoms. The molecule has 0 N–H and O–H groups in total. The zero-order valence-electron chi connectivity index (χ0n) is 12.8. The van der Waals surface area contributed by atoms with Gasteiger partial charge in [-0.05, 0) is 17.7 Å². The second-order valence-corrected chi connectivity index (χ2v) is 5.04. The van der Waals surface area contributed by atoms with Gasteiger partial charge in [-0.1, -0.05) is 13.3 Å². The van der Waals surface area contributed by atoms with E-state index in [0.717, 1.165) is 31.0 Å². The van der Waals surface area contributed by atoms with Crippen LogP contribution in [0, 0.1) is 0 Å². The van der Waals surface area contributed by atoms with Crippen molar-refractivity contribution in [1.29, 1.82) is 0 Å². The van der Waals surface area contributed by atoms with Gasteiger partial charge in [0.1, 0.15) is 13.1 Å². The van der Waals surface area contributed by atoms with E-state index in [0.29, 0.717) is 0 Å². The first-order valence-corrected chi connectivity index (χ1v) is 7.05. The molecule has 0 aromatic heterocycles. The maximum absolute atomic E-state index is 5.41. The van der Waals surface area contributed by atoms with E-state index in [1.807, 2.05) is 0 Å². The Morgan fingerprint density at radius 2 is 1.80 bits per heavy atom. The Morgan fingerprint density at radius 1 is 1.15 bits per heavy atom. The van der Waals surface area contributed by atoms with Crippen LogP contribution in [0.15, 0.2) is 12.1 Å². The highest BCUT2D eigenvalue weighted by atomic mass is 127. The monoisotopic (exact) mass is 389 g/mol. The Balaban J connectivity index is 0.00000200. The van der Waals surface area contributed by atoms with Crippen LogP contribution in [0.5, 0.6) is 11.5 Å². The van der Waals surface area contributed by atoms with E-state index in [9.17, 15) is 0 Å². The number of halogens is 1. The molecule has 0 bridgehead atoms. The first kappa shape index (κ1) is 17.3. The van der Waals surface area contributed by atoms with Crippen molar-refractivity contribution >= 4 is 5.71 Å². The lowest BCUT2D eigenvalue weighted by atomic mass is 9.96. The molecular formula is C16H24INO2. The fraction of sp³-hybridized carbons (Fsp3) is 0.562. The zero-order chi connectivity index (χ0) is 13.8. The molecule has 3 nitrogen and oxygen atoms in total. The van der Waals surface area contributed by atoms with Gasteiger partial charge >= 0.3 is 0 Å². The minimum absolute atomic E-state index is 0. The SMILES string of the molecule is CCCC[N+]1=C(C)c2cc(OC)c(OC)cc2CC1.[I-]. The predicted octanol–water partition coefficient (Wildman–Crippen LogP) is -0.114. The van der Waals surface area contributed by atoms with Crippen molar-refractivity contribution in [3.8, 4) is 11.5 Å². The van der Waals surface area contributed by atoms with E-state index in [4.69, 9.17) is 9.47 Å². The Labute approximate surface area is 139 Å². The number of fused-ring (bicyclic) bond motifs is 1. The standard InChI is InChI=1S/C16H24NO2.HI/c1-5-6-8-17-9-7-13-10-15(18-3)16(19-4)11-14(13)12(17)2;/h10-11H,5-9H2,1-4H3;1H/q+1;/p-1. The molecule has 1 heterocycles. The number of methoxy groups -OCH3 is 2. The second kappa shape index (κ2) is 7.86. The van der Waals surface area contributed by atoms with Crippen molar-refractivity contribution in [2.24, 2.45) is 0 Å². The average molecular weight is 389 g/mol. The zero-order valence-corrected chi connectivity index (χ0v) is 15.0. The van der Waals surface area contributed by atoms with Crippen LogP contribution in [0.1, 0.15) is 37.8 Å². The lowest BCUT2D eigenvalue weighted by Gasteiger charge is -2.19. The smallest absolute Gasteiger partial charge is 0.180 e. The van der Waals surface area contributed by atoms with Crippen molar-refractivity contribution in [1.82, 2.24) is 0 Å². The fourth-order valence-corrected chi connectivity index (χ4v) is 2.69. The molecule has 0 unspecified atom stereocenters. The quantitative estimate of drug-likeness (QED) is 0.518. The largest absolute Gasteiger partial charge is 1.00 e. The van der Waals surface area contributed by atoms with Gasteiger partial charge in [-0.15, -0.1) is 0 Å². The maximum atomic E-state index is 5.41. The van der Waals surface area contributed by atoms with Crippen LogP contribution in [0.25, 0.3) is 0 Å². The van der Waals surface area contributed by atoms with Crippen LogP contribution in [0.2, 0.25) is 0 Å². The summed E-state index contributed by atoms with van der Waals surface area (Å²) < 4.78 is 13.3. The molecule has 1 aliphatic rings. The number of nitrogens with zero attached hydrogens (tertiary/aromatic N) is 1. The van der Waals surface area contributed by atoms with Gasteiger partial charge in [0, 0.05) is 25.3 Å². The third kappa shape index (κ3) is 3.45. The molecule has 0 radical (unpaired) electrons. The van der Waals surface area contributed by atoms with Gasteiger partial charge in [-0.25, -0.2) is 4.58 Å². The summed E-state index contributed by atoms with van der Waals surface area (Å²) in [6, 6.07) is 4.23. The van der Waals surface area contributed by atoms with Gasteiger partial charge in [-0.3, -0.25) is 0 Å². The number of benzene rings is 1. The lowest BCUT2D eigenvalue weighted by Crippen LogP contribution is -3.00. The van der Waals surface area contributed by atoms with E-state index in [1.165, 1.54) is 29.7 Å². The Bertz CT molecular complexity index is 497. The minimum Gasteiger partial charge on any atom is -1.00 e. The van der Waals surface area contributed by atoms with Crippen LogP contribution < -0.4 is 33.5 Å². The molecule has 0 amide bonds. The Kier molecular flexibility index (Phi) is 6.79. The first-order valence-electron chi connectivity index (χ1n) is 7.05. The molecule has 1 aliphatic heterocycles. The summed E-state index contributed by atoms with van der Waals surface area (Å²) in [5.41, 5.74) is 4.03. The van der Waals surface area contributed by atoms with E-state index < -0.39 is 0 Å². The molecular weight excluding hydrogens is 365 g/mol. The van der Waals surface area contributed by atoms with Crippen LogP contribution in [0.4, 0.5) is 0 Å². The number of hydrogen-bond donors (Lipinski definition) is 0. The second-order valence-electron chi connectivity index (χ2n) is 5.04. The highest BCUT2D eigenvalue weighted by molar-refractivity contribution is 5.97. The molecule has 0 aliphatic carbocycles. The van der Waals surface area contributed by atoms with Gasteiger partial charge < -0.3 is 33.5 Å². The highest BCUT2D eigenvalue weighted by Crippen LogP contribution is 2.32. The summed E-state index contributed by atoms with van der Waals surface area (Å²) in [5.74, 6) is 1.65. The van der Waals surface area contributed by atoms with E-state index in [-0.39, 0.29) is 24.0 Å². The van der Waals surface area contributed by atoms with Gasteiger partial charge in [-0.2, -0.15) is 0 Å². The first-order chi connectivity index (χ1) is 9.21. The van der Waals surface area contributed by atoms with Crippen molar-refractivity contribution < 1.29 is 38.0 Å². The maximum Gasteiger partial charge on any atom is 0.180 e. The lowest BCUT2D eigenvalue weighted by molar-refractivity contribution is -0.529. The van der Waals surface area contributed by atoms with E-state index in [2.05, 4.69) is 30.6 Å². The van der Waals surface area contributed by atoms with Gasteiger partial charge in [0.15, 0.2) is 17.2 Å². The average Bonchev–Trinajstić information content (AvgIpc) is 2.45. The van der Waals surface area contributed by atoms with Crippen LogP contribution in [-0.4, -0.2) is 37.6 Å². The molecule has 0 spiro atoms. The molecule has 112 valence electrons. The predicted molar refractivity (Wildman–Crippen MR) is 77.9 cm³/mol. The van der Waals surface area contributed by atoms with Crippen molar-refractivity contribution in [3.63, 3.8) is 0 Å².